The number of nitrogens with one attached hydrogen (secondary N) is 1. The first kappa shape index (κ1) is 15.7. The van der Waals surface area contributed by atoms with Crippen molar-refractivity contribution in [3.8, 4) is 0 Å². The maximum Gasteiger partial charge on any atom is 0.442 e. The van der Waals surface area contributed by atoms with Gasteiger partial charge in [0.1, 0.15) is 0 Å². The van der Waals surface area contributed by atoms with Gasteiger partial charge in [0.15, 0.2) is 0 Å². The smallest absolute Gasteiger partial charge is 0.442 e. The van der Waals surface area contributed by atoms with E-state index < -0.39 is 23.8 Å². The molecule has 8 heteroatoms. The number of carbonyl (C=O) groups is 2. The lowest BCUT2D eigenvalue weighted by atomic mass is 10.2. The van der Waals surface area contributed by atoms with Crippen LogP contribution in [0.3, 0.4) is 0 Å². The Bertz CT molecular complexity index is 512. The van der Waals surface area contributed by atoms with Crippen molar-refractivity contribution in [1.29, 1.82) is 0 Å². The van der Waals surface area contributed by atoms with Gasteiger partial charge in [0, 0.05) is 5.56 Å². The highest BCUT2D eigenvalue weighted by Crippen LogP contribution is 2.18. The molecule has 0 unspecified atom stereocenters. The van der Waals surface area contributed by atoms with Gasteiger partial charge in [0.25, 0.3) is 5.91 Å². The number of hydrazone groups is 1. The second kappa shape index (κ2) is 6.69. The van der Waals surface area contributed by atoms with Crippen molar-refractivity contribution in [2.24, 2.45) is 5.10 Å². The molecule has 1 amide bonds. The van der Waals surface area contributed by atoms with E-state index in [-0.39, 0.29) is 12.2 Å². The number of ether oxygens (including phenoxy) is 1. The summed E-state index contributed by atoms with van der Waals surface area (Å²) in [6.45, 7) is 1.12. The lowest BCUT2D eigenvalue weighted by Crippen LogP contribution is -2.35. The molecule has 0 aromatic heterocycles. The maximum absolute atomic E-state index is 12.6. The fraction of sp³-hybridized carbons (Fsp3) is 0.250. The Balaban J connectivity index is 2.88. The first-order valence-electron chi connectivity index (χ1n) is 5.53. The number of halogens is 3. The Morgan fingerprint density at radius 1 is 1.25 bits per heavy atom. The largest absolute Gasteiger partial charge is 0.461 e. The summed E-state index contributed by atoms with van der Waals surface area (Å²) in [5.41, 5.74) is -0.0304. The van der Waals surface area contributed by atoms with Crippen LogP contribution in [0, 0.1) is 0 Å². The normalized spacial score (nSPS) is 11.9. The molecule has 20 heavy (non-hydrogen) atoms. The summed E-state index contributed by atoms with van der Waals surface area (Å²) >= 11 is 0. The number of rotatable bonds is 4. The molecule has 0 spiro atoms. The predicted octanol–water partition coefficient (Wildman–Crippen LogP) is 1.90. The molecule has 0 heterocycles. The van der Waals surface area contributed by atoms with Gasteiger partial charge in [-0.1, -0.05) is 18.2 Å². The fourth-order valence-electron chi connectivity index (χ4n) is 1.18. The van der Waals surface area contributed by atoms with E-state index in [1.807, 2.05) is 0 Å². The van der Waals surface area contributed by atoms with Crippen LogP contribution in [-0.4, -0.2) is 30.4 Å². The van der Waals surface area contributed by atoms with Gasteiger partial charge in [-0.05, 0) is 19.1 Å². The molecule has 108 valence electrons. The van der Waals surface area contributed by atoms with E-state index >= 15 is 0 Å². The van der Waals surface area contributed by atoms with Crippen molar-refractivity contribution in [3.63, 3.8) is 0 Å². The van der Waals surface area contributed by atoms with Gasteiger partial charge < -0.3 is 4.74 Å². The average Bonchev–Trinajstić information content (AvgIpc) is 2.38. The van der Waals surface area contributed by atoms with E-state index in [1.165, 1.54) is 31.2 Å². The van der Waals surface area contributed by atoms with Crippen LogP contribution in [0.25, 0.3) is 0 Å². The minimum atomic E-state index is -5.02. The van der Waals surface area contributed by atoms with E-state index in [1.54, 1.807) is 11.5 Å². The van der Waals surface area contributed by atoms with Gasteiger partial charge in [-0.3, -0.25) is 4.79 Å². The van der Waals surface area contributed by atoms with Crippen LogP contribution < -0.4 is 5.43 Å². The lowest BCUT2D eigenvalue weighted by molar-refractivity contribution is -0.139. The van der Waals surface area contributed by atoms with E-state index in [2.05, 4.69) is 9.84 Å². The molecule has 5 nitrogen and oxygen atoms in total. The Hall–Kier alpha value is -2.38. The summed E-state index contributed by atoms with van der Waals surface area (Å²) in [6, 6.07) is 7.49. The van der Waals surface area contributed by atoms with Crippen LogP contribution >= 0.6 is 0 Å². The summed E-state index contributed by atoms with van der Waals surface area (Å²) in [7, 11) is 0. The molecule has 0 aliphatic rings. The zero-order chi connectivity index (χ0) is 15.2. The third-order valence-electron chi connectivity index (χ3n) is 2.04. The molecular formula is C12H11F3N2O3. The van der Waals surface area contributed by atoms with Gasteiger partial charge in [0.2, 0.25) is 5.71 Å². The van der Waals surface area contributed by atoms with Crippen LogP contribution in [0.4, 0.5) is 13.2 Å². The van der Waals surface area contributed by atoms with Crippen molar-refractivity contribution in [2.45, 2.75) is 13.1 Å². The third-order valence-corrected chi connectivity index (χ3v) is 2.04. The molecule has 0 aliphatic carbocycles. The summed E-state index contributed by atoms with van der Waals surface area (Å²) in [6.07, 6.45) is -5.02. The highest BCUT2D eigenvalue weighted by Gasteiger charge is 2.42. The van der Waals surface area contributed by atoms with Crippen molar-refractivity contribution in [2.75, 3.05) is 6.61 Å². The second-order valence-corrected chi connectivity index (χ2v) is 3.49. The first-order valence-corrected chi connectivity index (χ1v) is 5.53. The number of benzene rings is 1. The maximum atomic E-state index is 12.6. The molecule has 0 saturated heterocycles. The lowest BCUT2D eigenvalue weighted by Gasteiger charge is -2.09. The molecule has 1 aromatic rings. The Labute approximate surface area is 112 Å². The predicted molar refractivity (Wildman–Crippen MR) is 64.0 cm³/mol. The Morgan fingerprint density at radius 3 is 2.35 bits per heavy atom. The van der Waals surface area contributed by atoms with E-state index in [9.17, 15) is 22.8 Å². The van der Waals surface area contributed by atoms with Gasteiger partial charge in [-0.2, -0.15) is 18.3 Å². The number of nitrogens with zero attached hydrogens (tertiary/aromatic N) is 1. The van der Waals surface area contributed by atoms with Crippen molar-refractivity contribution in [1.82, 2.24) is 5.43 Å². The Morgan fingerprint density at radius 2 is 1.85 bits per heavy atom. The van der Waals surface area contributed by atoms with Crippen LogP contribution in [-0.2, 0) is 9.53 Å². The fourth-order valence-corrected chi connectivity index (χ4v) is 1.18. The molecule has 0 bridgehead atoms. The molecule has 0 radical (unpaired) electrons. The summed E-state index contributed by atoms with van der Waals surface area (Å²) < 4.78 is 41.9. The zero-order valence-corrected chi connectivity index (χ0v) is 10.4. The van der Waals surface area contributed by atoms with E-state index in [0.717, 1.165) is 0 Å². The van der Waals surface area contributed by atoms with Crippen LogP contribution in [0.15, 0.2) is 35.4 Å². The number of esters is 1. The van der Waals surface area contributed by atoms with Crippen molar-refractivity contribution < 1.29 is 27.5 Å². The molecule has 1 rings (SSSR count). The zero-order valence-electron chi connectivity index (χ0n) is 10.4. The summed E-state index contributed by atoms with van der Waals surface area (Å²) in [4.78, 5) is 22.6. The van der Waals surface area contributed by atoms with Crippen molar-refractivity contribution in [3.05, 3.63) is 35.9 Å². The standard InChI is InChI=1S/C12H11F3N2O3/c1-2-20-11(19)9(12(13,14)15)16-17-10(18)8-6-4-3-5-7-8/h3-7H,2H2,1H3,(H,17,18)/b16-9+. The summed E-state index contributed by atoms with van der Waals surface area (Å²) in [5, 5.41) is 2.81. The highest BCUT2D eigenvalue weighted by atomic mass is 19.4. The first-order chi connectivity index (χ1) is 9.36. The minimum Gasteiger partial charge on any atom is -0.461 e. The van der Waals surface area contributed by atoms with Crippen LogP contribution in [0.5, 0.6) is 0 Å². The number of hydrogen-bond donors (Lipinski definition) is 1. The topological polar surface area (TPSA) is 67.8 Å². The van der Waals surface area contributed by atoms with Crippen LogP contribution in [0.1, 0.15) is 17.3 Å². The molecule has 0 aliphatic heterocycles. The quantitative estimate of drug-likeness (QED) is 0.522. The third kappa shape index (κ3) is 4.38. The molecule has 0 fully saturated rings. The number of carbonyl (C=O) groups excluding carboxylic acids is 2. The number of alkyl halides is 3. The Kier molecular flexibility index (Phi) is 5.24. The van der Waals surface area contributed by atoms with Crippen LogP contribution in [0.2, 0.25) is 0 Å². The van der Waals surface area contributed by atoms with E-state index in [4.69, 9.17) is 0 Å². The average molecular weight is 288 g/mol. The molecule has 1 N–H and O–H groups in total. The van der Waals surface area contributed by atoms with Gasteiger partial charge in [-0.25, -0.2) is 10.2 Å². The SMILES string of the molecule is CCOC(=O)/C(=N\NC(=O)c1ccccc1)C(F)(F)F. The van der Waals surface area contributed by atoms with Gasteiger partial charge in [0.05, 0.1) is 6.61 Å². The number of amides is 1. The molecule has 0 saturated carbocycles. The molecule has 1 aromatic carbocycles. The van der Waals surface area contributed by atoms with Crippen molar-refractivity contribution >= 4 is 17.6 Å². The molecular weight excluding hydrogens is 277 g/mol. The number of hydrogen-bond acceptors (Lipinski definition) is 4. The minimum absolute atomic E-state index is 0.113. The highest BCUT2D eigenvalue weighted by molar-refractivity contribution is 6.38. The summed E-state index contributed by atoms with van der Waals surface area (Å²) in [5.74, 6) is -2.51. The molecule has 0 atom stereocenters. The van der Waals surface area contributed by atoms with Gasteiger partial charge >= 0.3 is 12.1 Å². The van der Waals surface area contributed by atoms with Gasteiger partial charge in [-0.15, -0.1) is 0 Å². The van der Waals surface area contributed by atoms with E-state index in [0.29, 0.717) is 0 Å². The second-order valence-electron chi connectivity index (χ2n) is 3.49. The monoisotopic (exact) mass is 288 g/mol.